The van der Waals surface area contributed by atoms with Crippen LogP contribution in [0.4, 0.5) is 4.79 Å². The molecule has 6 nitrogen and oxygen atoms in total. The van der Waals surface area contributed by atoms with Gasteiger partial charge in [0.1, 0.15) is 6.04 Å². The number of carbonyl (C=O) groups excluding carboxylic acids is 1. The van der Waals surface area contributed by atoms with Gasteiger partial charge in [0.25, 0.3) is 0 Å². The molecule has 1 heterocycles. The van der Waals surface area contributed by atoms with Crippen molar-refractivity contribution in [2.45, 2.75) is 37.8 Å². The van der Waals surface area contributed by atoms with E-state index in [2.05, 4.69) is 5.32 Å². The van der Waals surface area contributed by atoms with Gasteiger partial charge in [-0.1, -0.05) is 0 Å². The number of ether oxygens (including phenoxy) is 1. The second-order valence-electron chi connectivity index (χ2n) is 4.99. The number of carboxylic acid groups (broad SMARTS) is 1. The van der Waals surface area contributed by atoms with E-state index >= 15 is 0 Å². The maximum atomic E-state index is 12.0. The van der Waals surface area contributed by atoms with Crippen molar-refractivity contribution in [1.82, 2.24) is 10.2 Å². The average Bonchev–Trinajstić information content (AvgIpc) is 2.43. The molecule has 2 amide bonds. The van der Waals surface area contributed by atoms with Gasteiger partial charge in [0, 0.05) is 20.2 Å². The molecule has 1 rings (SSSR count). The number of rotatable bonds is 7. The molecule has 2 unspecified atom stereocenters. The summed E-state index contributed by atoms with van der Waals surface area (Å²) in [5, 5.41) is 11.6. The summed E-state index contributed by atoms with van der Waals surface area (Å²) in [5.74, 6) is -0.290. The first-order valence-electron chi connectivity index (χ1n) is 6.89. The van der Waals surface area contributed by atoms with Crippen LogP contribution in [-0.4, -0.2) is 66.4 Å². The third kappa shape index (κ3) is 6.00. The zero-order valence-electron chi connectivity index (χ0n) is 12.1. The van der Waals surface area contributed by atoms with Crippen molar-refractivity contribution in [3.05, 3.63) is 0 Å². The predicted octanol–water partition coefficient (Wildman–Crippen LogP) is 1.40. The van der Waals surface area contributed by atoms with E-state index < -0.39 is 12.0 Å². The maximum absolute atomic E-state index is 12.0. The lowest BCUT2D eigenvalue weighted by Crippen LogP contribution is -2.49. The molecule has 2 atom stereocenters. The highest BCUT2D eigenvalue weighted by atomic mass is 32.2. The van der Waals surface area contributed by atoms with Crippen LogP contribution in [0.25, 0.3) is 0 Å². The van der Waals surface area contributed by atoms with Gasteiger partial charge in [-0.05, 0) is 37.7 Å². The summed E-state index contributed by atoms with van der Waals surface area (Å²) in [5.41, 5.74) is 0. The number of hydrogen-bond donors (Lipinski definition) is 2. The first kappa shape index (κ1) is 17.1. The topological polar surface area (TPSA) is 78.9 Å². The number of hydrogen-bond acceptors (Lipinski definition) is 4. The van der Waals surface area contributed by atoms with Crippen molar-refractivity contribution < 1.29 is 19.4 Å². The number of carboxylic acids is 1. The molecule has 0 bridgehead atoms. The molecule has 0 aromatic rings. The summed E-state index contributed by atoms with van der Waals surface area (Å²) in [7, 11) is 1.67. The molecule has 0 aliphatic carbocycles. The van der Waals surface area contributed by atoms with Crippen molar-refractivity contribution in [3.8, 4) is 0 Å². The number of urea groups is 1. The monoisotopic (exact) mass is 304 g/mol. The fourth-order valence-electron chi connectivity index (χ4n) is 2.09. The lowest BCUT2D eigenvalue weighted by molar-refractivity contribution is -0.139. The van der Waals surface area contributed by atoms with E-state index in [4.69, 9.17) is 9.84 Å². The van der Waals surface area contributed by atoms with Gasteiger partial charge >= 0.3 is 12.0 Å². The number of nitrogens with zero attached hydrogens (tertiary/aromatic N) is 1. The number of carbonyl (C=O) groups is 2. The summed E-state index contributed by atoms with van der Waals surface area (Å²) in [6, 6.07) is -1.18. The fraction of sp³-hybridized carbons (Fsp3) is 0.846. The van der Waals surface area contributed by atoms with Crippen LogP contribution >= 0.6 is 11.8 Å². The molecular weight excluding hydrogens is 280 g/mol. The lowest BCUT2D eigenvalue weighted by atomic mass is 10.1. The number of thioether (sulfide) groups is 1. The zero-order valence-corrected chi connectivity index (χ0v) is 12.9. The van der Waals surface area contributed by atoms with E-state index in [-0.39, 0.29) is 12.1 Å². The summed E-state index contributed by atoms with van der Waals surface area (Å²) in [6.45, 7) is 1.24. The number of amides is 2. The van der Waals surface area contributed by atoms with Gasteiger partial charge in [0.2, 0.25) is 0 Å². The zero-order chi connectivity index (χ0) is 15.0. The SMILES string of the molecule is CSCCC(NC(=O)N(C)CC1CCCCO1)C(=O)O. The molecule has 0 aromatic heterocycles. The van der Waals surface area contributed by atoms with Gasteiger partial charge in [-0.15, -0.1) is 0 Å². The van der Waals surface area contributed by atoms with Gasteiger partial charge in [-0.25, -0.2) is 9.59 Å². The van der Waals surface area contributed by atoms with E-state index in [9.17, 15) is 9.59 Å². The largest absolute Gasteiger partial charge is 0.480 e. The number of likely N-dealkylation sites (N-methyl/N-ethyl adjacent to an activating group) is 1. The van der Waals surface area contributed by atoms with Crippen LogP contribution in [0.3, 0.4) is 0 Å². The fourth-order valence-corrected chi connectivity index (χ4v) is 2.56. The van der Waals surface area contributed by atoms with Crippen LogP contribution in [0.15, 0.2) is 0 Å². The van der Waals surface area contributed by atoms with Crippen molar-refractivity contribution in [1.29, 1.82) is 0 Å². The van der Waals surface area contributed by atoms with Crippen LogP contribution in [0.1, 0.15) is 25.7 Å². The van der Waals surface area contributed by atoms with Gasteiger partial charge < -0.3 is 20.1 Å². The third-order valence-corrected chi connectivity index (χ3v) is 3.95. The van der Waals surface area contributed by atoms with E-state index in [0.29, 0.717) is 18.7 Å². The molecule has 0 radical (unpaired) electrons. The van der Waals surface area contributed by atoms with Crippen LogP contribution in [-0.2, 0) is 9.53 Å². The Hall–Kier alpha value is -0.950. The van der Waals surface area contributed by atoms with Gasteiger partial charge in [-0.3, -0.25) is 0 Å². The molecule has 1 fully saturated rings. The van der Waals surface area contributed by atoms with Crippen LogP contribution in [0.2, 0.25) is 0 Å². The minimum absolute atomic E-state index is 0.0639. The summed E-state index contributed by atoms with van der Waals surface area (Å²) >= 11 is 1.56. The smallest absolute Gasteiger partial charge is 0.326 e. The van der Waals surface area contributed by atoms with Gasteiger partial charge in [0.15, 0.2) is 0 Å². The minimum atomic E-state index is -0.991. The standard InChI is InChI=1S/C13H24N2O4S/c1-15(9-10-5-3-4-7-19-10)13(18)14-11(12(16)17)6-8-20-2/h10-11H,3-9H2,1-2H3,(H,14,18)(H,16,17). The highest BCUT2D eigenvalue weighted by Crippen LogP contribution is 2.13. The predicted molar refractivity (Wildman–Crippen MR) is 79.2 cm³/mol. The van der Waals surface area contributed by atoms with E-state index in [0.717, 1.165) is 25.9 Å². The van der Waals surface area contributed by atoms with Crippen LogP contribution in [0.5, 0.6) is 0 Å². The summed E-state index contributed by atoms with van der Waals surface area (Å²) < 4.78 is 5.57. The second kappa shape index (κ2) is 9.07. The molecule has 20 heavy (non-hydrogen) atoms. The van der Waals surface area contributed by atoms with E-state index in [1.165, 1.54) is 4.90 Å². The van der Waals surface area contributed by atoms with Crippen LogP contribution < -0.4 is 5.32 Å². The molecule has 2 N–H and O–H groups in total. The molecule has 0 aromatic carbocycles. The van der Waals surface area contributed by atoms with Crippen molar-refractivity contribution in [2.75, 3.05) is 32.2 Å². The highest BCUT2D eigenvalue weighted by molar-refractivity contribution is 7.98. The summed E-state index contributed by atoms with van der Waals surface area (Å²) in [4.78, 5) is 24.6. The normalized spacial score (nSPS) is 20.2. The molecule has 7 heteroatoms. The Kier molecular flexibility index (Phi) is 7.76. The van der Waals surface area contributed by atoms with Gasteiger partial charge in [-0.2, -0.15) is 11.8 Å². The molecule has 1 aliphatic heterocycles. The lowest BCUT2D eigenvalue weighted by Gasteiger charge is -2.28. The van der Waals surface area contributed by atoms with Gasteiger partial charge in [0.05, 0.1) is 6.10 Å². The van der Waals surface area contributed by atoms with Crippen molar-refractivity contribution >= 4 is 23.8 Å². The Morgan fingerprint density at radius 1 is 1.50 bits per heavy atom. The summed E-state index contributed by atoms with van der Waals surface area (Å²) in [6.07, 6.45) is 5.54. The highest BCUT2D eigenvalue weighted by Gasteiger charge is 2.23. The molecule has 0 spiro atoms. The van der Waals surface area contributed by atoms with Crippen molar-refractivity contribution in [3.63, 3.8) is 0 Å². The molecule has 1 saturated heterocycles. The Balaban J connectivity index is 2.39. The second-order valence-corrected chi connectivity index (χ2v) is 5.98. The maximum Gasteiger partial charge on any atom is 0.326 e. The van der Waals surface area contributed by atoms with Crippen LogP contribution in [0, 0.1) is 0 Å². The Bertz CT molecular complexity index is 321. The van der Waals surface area contributed by atoms with E-state index in [1.807, 2.05) is 6.26 Å². The Morgan fingerprint density at radius 2 is 2.25 bits per heavy atom. The quantitative estimate of drug-likeness (QED) is 0.743. The molecule has 1 aliphatic rings. The first-order valence-corrected chi connectivity index (χ1v) is 8.29. The number of aliphatic carboxylic acids is 1. The minimum Gasteiger partial charge on any atom is -0.480 e. The van der Waals surface area contributed by atoms with Crippen molar-refractivity contribution in [2.24, 2.45) is 0 Å². The molecule has 116 valence electrons. The third-order valence-electron chi connectivity index (χ3n) is 3.30. The number of nitrogens with one attached hydrogen (secondary N) is 1. The Labute approximate surface area is 124 Å². The average molecular weight is 304 g/mol. The first-order chi connectivity index (χ1) is 9.54. The van der Waals surface area contributed by atoms with E-state index in [1.54, 1.807) is 18.8 Å². The Morgan fingerprint density at radius 3 is 2.80 bits per heavy atom. The molecule has 0 saturated carbocycles. The molecular formula is C13H24N2O4S.